The fourth-order valence-corrected chi connectivity index (χ4v) is 2.63. The molecule has 0 heterocycles. The highest BCUT2D eigenvalue weighted by atomic mass is 16.3. The van der Waals surface area contributed by atoms with Crippen LogP contribution in [-0.4, -0.2) is 79.9 Å². The molecular weight excluding hydrogens is 278 g/mol. The molecule has 0 spiro atoms. The van der Waals surface area contributed by atoms with E-state index < -0.39 is 0 Å². The molecule has 22 heavy (non-hydrogen) atoms. The molecule has 0 aliphatic rings. The molecule has 0 rings (SSSR count). The van der Waals surface area contributed by atoms with E-state index in [1.54, 1.807) is 0 Å². The van der Waals surface area contributed by atoms with Gasteiger partial charge in [0.1, 0.15) is 0 Å². The van der Waals surface area contributed by atoms with Crippen LogP contribution in [0.15, 0.2) is 0 Å². The topological polar surface area (TPSA) is 105 Å². The highest BCUT2D eigenvalue weighted by molar-refractivity contribution is 4.65. The molecule has 0 aliphatic carbocycles. The normalized spacial score (nSPS) is 13.2. The van der Waals surface area contributed by atoms with Gasteiger partial charge in [-0.25, -0.2) is 0 Å². The van der Waals surface area contributed by atoms with Crippen molar-refractivity contribution in [3.63, 3.8) is 0 Å². The predicted octanol–water partition coefficient (Wildman–Crippen LogP) is -0.202. The maximum absolute atomic E-state index is 9.75. The van der Waals surface area contributed by atoms with Gasteiger partial charge >= 0.3 is 0 Å². The fraction of sp³-hybridized carbons (Fsp3) is 1.00. The molecule has 0 saturated carbocycles. The van der Waals surface area contributed by atoms with Gasteiger partial charge in [0.05, 0.1) is 6.10 Å². The lowest BCUT2D eigenvalue weighted by atomic mass is 10.1. The molecule has 6 heteroatoms. The third kappa shape index (κ3) is 12.3. The molecule has 0 bridgehead atoms. The number of nitrogens with zero attached hydrogens (tertiary/aromatic N) is 2. The minimum Gasteiger partial charge on any atom is -0.392 e. The van der Waals surface area contributed by atoms with Crippen LogP contribution in [0, 0.1) is 0 Å². The van der Waals surface area contributed by atoms with E-state index in [2.05, 4.69) is 9.80 Å². The van der Waals surface area contributed by atoms with Crippen molar-refractivity contribution in [3.05, 3.63) is 0 Å². The van der Waals surface area contributed by atoms with Crippen LogP contribution in [0.4, 0.5) is 0 Å². The van der Waals surface area contributed by atoms with Crippen LogP contribution < -0.4 is 17.2 Å². The summed E-state index contributed by atoms with van der Waals surface area (Å²) >= 11 is 0. The SMILES string of the molecule is CCC(O)CN(CCN)CCCCCCN(CCN)CCN. The third-order valence-corrected chi connectivity index (χ3v) is 3.97. The van der Waals surface area contributed by atoms with Crippen LogP contribution in [0.25, 0.3) is 0 Å². The first-order chi connectivity index (χ1) is 10.7. The van der Waals surface area contributed by atoms with Crippen molar-refractivity contribution in [2.45, 2.75) is 45.1 Å². The van der Waals surface area contributed by atoms with E-state index in [-0.39, 0.29) is 6.10 Å². The number of aliphatic hydroxyl groups excluding tert-OH is 1. The molecule has 0 amide bonds. The molecule has 0 saturated heterocycles. The average molecular weight is 318 g/mol. The van der Waals surface area contributed by atoms with Crippen molar-refractivity contribution in [2.24, 2.45) is 17.2 Å². The zero-order valence-corrected chi connectivity index (χ0v) is 14.6. The van der Waals surface area contributed by atoms with Crippen LogP contribution in [0.1, 0.15) is 39.0 Å². The molecular formula is C16H39N5O. The molecule has 0 aromatic carbocycles. The van der Waals surface area contributed by atoms with Gasteiger partial charge in [-0.3, -0.25) is 4.90 Å². The molecule has 1 atom stereocenters. The number of rotatable bonds is 16. The minimum absolute atomic E-state index is 0.229. The molecule has 0 aliphatic heterocycles. The van der Waals surface area contributed by atoms with Crippen molar-refractivity contribution in [3.8, 4) is 0 Å². The van der Waals surface area contributed by atoms with Crippen molar-refractivity contribution in [2.75, 3.05) is 58.9 Å². The molecule has 0 radical (unpaired) electrons. The summed E-state index contributed by atoms with van der Waals surface area (Å²) < 4.78 is 0. The van der Waals surface area contributed by atoms with Gasteiger partial charge in [-0.15, -0.1) is 0 Å². The fourth-order valence-electron chi connectivity index (χ4n) is 2.63. The van der Waals surface area contributed by atoms with Crippen molar-refractivity contribution < 1.29 is 5.11 Å². The standard InChI is InChI=1S/C16H39N5O/c1-2-16(22)15-21(14-9-19)11-6-4-3-5-10-20(12-7-17)13-8-18/h16,22H,2-15,17-19H2,1H3. The van der Waals surface area contributed by atoms with Crippen LogP contribution in [0.2, 0.25) is 0 Å². The molecule has 7 N–H and O–H groups in total. The summed E-state index contributed by atoms with van der Waals surface area (Å²) in [5.74, 6) is 0. The van der Waals surface area contributed by atoms with E-state index in [1.807, 2.05) is 6.92 Å². The van der Waals surface area contributed by atoms with Gasteiger partial charge in [-0.1, -0.05) is 19.8 Å². The number of hydrogen-bond donors (Lipinski definition) is 4. The average Bonchev–Trinajstić information content (AvgIpc) is 2.50. The van der Waals surface area contributed by atoms with Gasteiger partial charge in [0.2, 0.25) is 0 Å². The number of nitrogens with two attached hydrogens (primary N) is 3. The van der Waals surface area contributed by atoms with Gasteiger partial charge < -0.3 is 27.2 Å². The Morgan fingerprint density at radius 3 is 1.64 bits per heavy atom. The highest BCUT2D eigenvalue weighted by Crippen LogP contribution is 2.05. The summed E-state index contributed by atoms with van der Waals surface area (Å²) in [6.07, 6.45) is 5.41. The van der Waals surface area contributed by atoms with Crippen LogP contribution >= 0.6 is 0 Å². The first kappa shape index (κ1) is 21.8. The molecule has 6 nitrogen and oxygen atoms in total. The number of hydrogen-bond acceptors (Lipinski definition) is 6. The van der Waals surface area contributed by atoms with E-state index in [1.165, 1.54) is 25.7 Å². The third-order valence-electron chi connectivity index (χ3n) is 3.97. The lowest BCUT2D eigenvalue weighted by molar-refractivity contribution is 0.109. The maximum Gasteiger partial charge on any atom is 0.0664 e. The second kappa shape index (κ2) is 15.6. The van der Waals surface area contributed by atoms with Gasteiger partial charge in [0, 0.05) is 45.8 Å². The van der Waals surface area contributed by atoms with Crippen LogP contribution in [-0.2, 0) is 0 Å². The summed E-state index contributed by atoms with van der Waals surface area (Å²) in [7, 11) is 0. The largest absolute Gasteiger partial charge is 0.392 e. The zero-order valence-electron chi connectivity index (χ0n) is 14.6. The van der Waals surface area contributed by atoms with Crippen molar-refractivity contribution in [1.29, 1.82) is 0 Å². The van der Waals surface area contributed by atoms with E-state index in [0.717, 1.165) is 45.7 Å². The van der Waals surface area contributed by atoms with E-state index in [4.69, 9.17) is 17.2 Å². The van der Waals surface area contributed by atoms with Gasteiger partial charge in [0.15, 0.2) is 0 Å². The Kier molecular flexibility index (Phi) is 15.5. The second-order valence-electron chi connectivity index (χ2n) is 5.98. The maximum atomic E-state index is 9.75. The van der Waals surface area contributed by atoms with E-state index in [0.29, 0.717) is 19.6 Å². The Labute approximate surface area is 137 Å². The zero-order chi connectivity index (χ0) is 16.6. The first-order valence-electron chi connectivity index (χ1n) is 8.90. The molecule has 0 aromatic rings. The lowest BCUT2D eigenvalue weighted by Gasteiger charge is -2.24. The smallest absolute Gasteiger partial charge is 0.0664 e. The van der Waals surface area contributed by atoms with E-state index >= 15 is 0 Å². The predicted molar refractivity (Wildman–Crippen MR) is 94.8 cm³/mol. The second-order valence-corrected chi connectivity index (χ2v) is 5.98. The minimum atomic E-state index is -0.229. The van der Waals surface area contributed by atoms with Gasteiger partial charge in [-0.2, -0.15) is 0 Å². The summed E-state index contributed by atoms with van der Waals surface area (Å²) in [6, 6.07) is 0. The number of unbranched alkanes of at least 4 members (excludes halogenated alkanes) is 3. The lowest BCUT2D eigenvalue weighted by Crippen LogP contribution is -2.36. The quantitative estimate of drug-likeness (QED) is 0.294. The highest BCUT2D eigenvalue weighted by Gasteiger charge is 2.09. The Morgan fingerprint density at radius 2 is 1.18 bits per heavy atom. The van der Waals surface area contributed by atoms with Crippen LogP contribution in [0.3, 0.4) is 0 Å². The Hall–Kier alpha value is -0.240. The van der Waals surface area contributed by atoms with Gasteiger partial charge in [-0.05, 0) is 32.4 Å². The molecule has 0 fully saturated rings. The summed E-state index contributed by atoms with van der Waals surface area (Å²) in [6.45, 7) is 9.70. The van der Waals surface area contributed by atoms with Crippen LogP contribution in [0.5, 0.6) is 0 Å². The molecule has 134 valence electrons. The summed E-state index contributed by atoms with van der Waals surface area (Å²) in [5, 5.41) is 9.75. The van der Waals surface area contributed by atoms with Crippen molar-refractivity contribution >= 4 is 0 Å². The monoisotopic (exact) mass is 317 g/mol. The van der Waals surface area contributed by atoms with Gasteiger partial charge in [0.25, 0.3) is 0 Å². The first-order valence-corrected chi connectivity index (χ1v) is 8.90. The summed E-state index contributed by atoms with van der Waals surface area (Å²) in [4.78, 5) is 4.63. The molecule has 1 unspecified atom stereocenters. The molecule has 0 aromatic heterocycles. The Bertz CT molecular complexity index is 225. The Balaban J connectivity index is 3.70. The Morgan fingerprint density at radius 1 is 0.727 bits per heavy atom. The number of aliphatic hydroxyl groups is 1. The van der Waals surface area contributed by atoms with Crippen molar-refractivity contribution in [1.82, 2.24) is 9.80 Å². The summed E-state index contributed by atoms with van der Waals surface area (Å²) in [5.41, 5.74) is 16.9. The van der Waals surface area contributed by atoms with E-state index in [9.17, 15) is 5.11 Å².